The Kier molecular flexibility index (Phi) is 3.66. The van der Waals surface area contributed by atoms with E-state index in [0.29, 0.717) is 6.61 Å². The first-order valence-corrected chi connectivity index (χ1v) is 6.65. The molecule has 0 fully saturated rings. The summed E-state index contributed by atoms with van der Waals surface area (Å²) in [4.78, 5) is 0. The van der Waals surface area contributed by atoms with Gasteiger partial charge >= 0.3 is 0 Å². The minimum Gasteiger partial charge on any atom is -0.489 e. The van der Waals surface area contributed by atoms with Crippen LogP contribution in [-0.4, -0.2) is 5.11 Å². The van der Waals surface area contributed by atoms with Crippen LogP contribution in [0.2, 0.25) is 0 Å². The molecule has 2 nitrogen and oxygen atoms in total. The van der Waals surface area contributed by atoms with Gasteiger partial charge in [0.05, 0.1) is 6.61 Å². The third-order valence-electron chi connectivity index (χ3n) is 3.30. The molecule has 0 unspecified atom stereocenters. The van der Waals surface area contributed by atoms with Gasteiger partial charge in [0.25, 0.3) is 0 Å². The summed E-state index contributed by atoms with van der Waals surface area (Å²) in [6.45, 7) is 0.562. The first kappa shape index (κ1) is 12.7. The summed E-state index contributed by atoms with van der Waals surface area (Å²) in [6, 6.07) is 22.2. The van der Waals surface area contributed by atoms with Gasteiger partial charge in [-0.1, -0.05) is 48.5 Å². The van der Waals surface area contributed by atoms with E-state index in [-0.39, 0.29) is 6.61 Å². The van der Waals surface area contributed by atoms with Crippen molar-refractivity contribution in [3.05, 3.63) is 77.9 Å². The Balaban J connectivity index is 1.76. The normalized spacial score (nSPS) is 10.7. The first-order chi connectivity index (χ1) is 9.85. The standard InChI is InChI=1S/C18H16O2/c19-12-14-4-3-7-18(11-14)20-13-15-8-9-16-5-1-2-6-17(16)10-15/h1-11,19H,12-13H2. The molecule has 0 aliphatic carbocycles. The molecule has 0 heterocycles. The lowest BCUT2D eigenvalue weighted by atomic mass is 10.1. The average Bonchev–Trinajstić information content (AvgIpc) is 2.53. The average molecular weight is 264 g/mol. The Morgan fingerprint density at radius 2 is 1.60 bits per heavy atom. The SMILES string of the molecule is OCc1cccc(OCc2ccc3ccccc3c2)c1. The zero-order valence-corrected chi connectivity index (χ0v) is 11.1. The number of rotatable bonds is 4. The summed E-state index contributed by atoms with van der Waals surface area (Å²) in [5, 5.41) is 11.6. The predicted octanol–water partition coefficient (Wildman–Crippen LogP) is 3.91. The van der Waals surface area contributed by atoms with Crippen molar-refractivity contribution in [2.24, 2.45) is 0 Å². The van der Waals surface area contributed by atoms with E-state index in [4.69, 9.17) is 9.84 Å². The van der Waals surface area contributed by atoms with Crippen LogP contribution in [0.4, 0.5) is 0 Å². The maximum absolute atomic E-state index is 9.11. The third kappa shape index (κ3) is 2.81. The summed E-state index contributed by atoms with van der Waals surface area (Å²) in [5.74, 6) is 0.782. The highest BCUT2D eigenvalue weighted by molar-refractivity contribution is 5.82. The minimum absolute atomic E-state index is 0.0349. The topological polar surface area (TPSA) is 29.5 Å². The van der Waals surface area contributed by atoms with Crippen molar-refractivity contribution in [3.8, 4) is 5.75 Å². The number of aliphatic hydroxyl groups is 1. The second kappa shape index (κ2) is 5.76. The van der Waals surface area contributed by atoms with Gasteiger partial charge in [0.1, 0.15) is 12.4 Å². The van der Waals surface area contributed by atoms with E-state index >= 15 is 0 Å². The summed E-state index contributed by atoms with van der Waals surface area (Å²) in [6.07, 6.45) is 0. The molecule has 0 bridgehead atoms. The molecule has 3 aromatic rings. The van der Waals surface area contributed by atoms with Crippen molar-refractivity contribution in [3.63, 3.8) is 0 Å². The maximum Gasteiger partial charge on any atom is 0.120 e. The second-order valence-corrected chi connectivity index (χ2v) is 4.78. The van der Waals surface area contributed by atoms with Gasteiger partial charge in [0.2, 0.25) is 0 Å². The van der Waals surface area contributed by atoms with Crippen molar-refractivity contribution in [2.45, 2.75) is 13.2 Å². The van der Waals surface area contributed by atoms with Crippen molar-refractivity contribution in [1.29, 1.82) is 0 Å². The van der Waals surface area contributed by atoms with Crippen LogP contribution in [0.5, 0.6) is 5.75 Å². The number of benzene rings is 3. The lowest BCUT2D eigenvalue weighted by Crippen LogP contribution is -1.96. The molecule has 0 aliphatic heterocycles. The monoisotopic (exact) mass is 264 g/mol. The van der Waals surface area contributed by atoms with Gasteiger partial charge in [-0.2, -0.15) is 0 Å². The van der Waals surface area contributed by atoms with Crippen LogP contribution in [-0.2, 0) is 13.2 Å². The largest absolute Gasteiger partial charge is 0.489 e. The van der Waals surface area contributed by atoms with Gasteiger partial charge in [0.15, 0.2) is 0 Å². The smallest absolute Gasteiger partial charge is 0.120 e. The van der Waals surface area contributed by atoms with Crippen molar-refractivity contribution in [2.75, 3.05) is 0 Å². The molecule has 0 saturated carbocycles. The second-order valence-electron chi connectivity index (χ2n) is 4.78. The Bertz CT molecular complexity index is 719. The highest BCUT2D eigenvalue weighted by Gasteiger charge is 1.99. The molecule has 0 amide bonds. The van der Waals surface area contributed by atoms with Crippen LogP contribution in [0.3, 0.4) is 0 Å². The molecule has 0 spiro atoms. The van der Waals surface area contributed by atoms with Crippen LogP contribution in [0.25, 0.3) is 10.8 Å². The molecule has 3 rings (SSSR count). The van der Waals surface area contributed by atoms with E-state index in [0.717, 1.165) is 16.9 Å². The molecular weight excluding hydrogens is 248 g/mol. The zero-order valence-electron chi connectivity index (χ0n) is 11.1. The number of aliphatic hydroxyl groups excluding tert-OH is 1. The summed E-state index contributed by atoms with van der Waals surface area (Å²) in [5.41, 5.74) is 2.00. The molecule has 0 aromatic heterocycles. The van der Waals surface area contributed by atoms with Crippen LogP contribution in [0.1, 0.15) is 11.1 Å². The Labute approximate surface area is 118 Å². The Morgan fingerprint density at radius 1 is 0.750 bits per heavy atom. The van der Waals surface area contributed by atoms with E-state index < -0.39 is 0 Å². The fourth-order valence-electron chi connectivity index (χ4n) is 2.23. The van der Waals surface area contributed by atoms with Gasteiger partial charge < -0.3 is 9.84 Å². The summed E-state index contributed by atoms with van der Waals surface area (Å²) in [7, 11) is 0. The lowest BCUT2D eigenvalue weighted by molar-refractivity contribution is 0.278. The first-order valence-electron chi connectivity index (χ1n) is 6.65. The molecule has 2 heteroatoms. The summed E-state index contributed by atoms with van der Waals surface area (Å²) >= 11 is 0. The van der Waals surface area contributed by atoms with E-state index in [1.54, 1.807) is 0 Å². The lowest BCUT2D eigenvalue weighted by Gasteiger charge is -2.08. The zero-order chi connectivity index (χ0) is 13.8. The number of hydrogen-bond acceptors (Lipinski definition) is 2. The summed E-state index contributed by atoms with van der Waals surface area (Å²) < 4.78 is 5.77. The number of hydrogen-bond donors (Lipinski definition) is 1. The highest BCUT2D eigenvalue weighted by Crippen LogP contribution is 2.18. The van der Waals surface area contributed by atoms with Crippen LogP contribution < -0.4 is 4.74 Å². The predicted molar refractivity (Wildman–Crippen MR) is 80.6 cm³/mol. The number of fused-ring (bicyclic) bond motifs is 1. The Hall–Kier alpha value is -2.32. The van der Waals surface area contributed by atoms with E-state index in [1.807, 2.05) is 36.4 Å². The van der Waals surface area contributed by atoms with Gasteiger partial charge in [-0.15, -0.1) is 0 Å². The Morgan fingerprint density at radius 3 is 2.45 bits per heavy atom. The molecule has 100 valence electrons. The van der Waals surface area contributed by atoms with E-state index in [9.17, 15) is 0 Å². The van der Waals surface area contributed by atoms with Crippen LogP contribution >= 0.6 is 0 Å². The van der Waals surface area contributed by atoms with Gasteiger partial charge in [-0.05, 0) is 40.1 Å². The van der Waals surface area contributed by atoms with Crippen molar-refractivity contribution < 1.29 is 9.84 Å². The molecule has 0 atom stereocenters. The van der Waals surface area contributed by atoms with Gasteiger partial charge in [-0.25, -0.2) is 0 Å². The third-order valence-corrected chi connectivity index (χ3v) is 3.30. The fourth-order valence-corrected chi connectivity index (χ4v) is 2.23. The fraction of sp³-hybridized carbons (Fsp3) is 0.111. The quantitative estimate of drug-likeness (QED) is 0.774. The van der Waals surface area contributed by atoms with E-state index in [1.165, 1.54) is 10.8 Å². The maximum atomic E-state index is 9.11. The van der Waals surface area contributed by atoms with Gasteiger partial charge in [-0.3, -0.25) is 0 Å². The minimum atomic E-state index is 0.0349. The molecule has 0 radical (unpaired) electrons. The molecule has 3 aromatic carbocycles. The van der Waals surface area contributed by atoms with Gasteiger partial charge in [0, 0.05) is 0 Å². The molecule has 1 N–H and O–H groups in total. The van der Waals surface area contributed by atoms with Crippen molar-refractivity contribution in [1.82, 2.24) is 0 Å². The highest BCUT2D eigenvalue weighted by atomic mass is 16.5. The van der Waals surface area contributed by atoms with Crippen molar-refractivity contribution >= 4 is 10.8 Å². The van der Waals surface area contributed by atoms with Crippen LogP contribution in [0, 0.1) is 0 Å². The van der Waals surface area contributed by atoms with E-state index in [2.05, 4.69) is 30.3 Å². The molecular formula is C18H16O2. The molecule has 0 saturated heterocycles. The number of ether oxygens (including phenoxy) is 1. The molecule has 20 heavy (non-hydrogen) atoms. The molecule has 0 aliphatic rings. The van der Waals surface area contributed by atoms with Crippen LogP contribution in [0.15, 0.2) is 66.7 Å².